The molecule has 0 saturated carbocycles. The maximum Gasteiger partial charge on any atom is 0.0566 e. The van der Waals surface area contributed by atoms with Crippen LogP contribution >= 0.6 is 0 Å². The quantitative estimate of drug-likeness (QED) is 0.295. The van der Waals surface area contributed by atoms with Crippen molar-refractivity contribution < 1.29 is 0 Å². The van der Waals surface area contributed by atoms with Crippen LogP contribution < -0.4 is 5.84 Å². The highest BCUT2D eigenvalue weighted by Crippen LogP contribution is 1.73. The number of allylic oxidation sites excluding steroid dienone is 2. The molecule has 7 heavy (non-hydrogen) atoms. The molecule has 0 saturated heterocycles. The highest BCUT2D eigenvalue weighted by atomic mass is 15.1. The second-order valence-electron chi connectivity index (χ2n) is 1.27. The van der Waals surface area contributed by atoms with Gasteiger partial charge in [0.2, 0.25) is 0 Å². The first-order chi connectivity index (χ1) is 3.31. The molecule has 2 nitrogen and oxygen atoms in total. The molecule has 0 fully saturated rings. The Labute approximate surface area is 43.7 Å². The summed E-state index contributed by atoms with van der Waals surface area (Å²) in [5.74, 6) is 4.89. The molecule has 0 aromatic heterocycles. The zero-order valence-corrected chi connectivity index (χ0v) is 4.68. The third-order valence-electron chi connectivity index (χ3n) is 0.612. The highest BCUT2D eigenvalue weighted by Gasteiger charge is 1.72. The van der Waals surface area contributed by atoms with Gasteiger partial charge in [0.05, 0.1) is 5.71 Å². The van der Waals surface area contributed by atoms with Crippen molar-refractivity contribution in [3.05, 3.63) is 12.2 Å². The molecule has 0 radical (unpaired) electrons. The van der Waals surface area contributed by atoms with E-state index >= 15 is 0 Å². The third-order valence-corrected chi connectivity index (χ3v) is 0.612. The van der Waals surface area contributed by atoms with Gasteiger partial charge in [-0.25, -0.2) is 0 Å². The minimum atomic E-state index is 0.850. The molecule has 0 spiro atoms. The Morgan fingerprint density at radius 2 is 2.29 bits per heavy atom. The van der Waals surface area contributed by atoms with Crippen LogP contribution in [0, 0.1) is 0 Å². The highest BCUT2D eigenvalue weighted by molar-refractivity contribution is 5.92. The summed E-state index contributed by atoms with van der Waals surface area (Å²) >= 11 is 0. The Morgan fingerprint density at radius 3 is 2.43 bits per heavy atom. The van der Waals surface area contributed by atoms with E-state index in [4.69, 9.17) is 5.84 Å². The summed E-state index contributed by atoms with van der Waals surface area (Å²) in [4.78, 5) is 0. The minimum Gasteiger partial charge on any atom is -0.323 e. The van der Waals surface area contributed by atoms with Crippen molar-refractivity contribution >= 4 is 5.71 Å². The molecule has 0 aliphatic carbocycles. The molecular weight excluding hydrogens is 88.1 g/mol. The van der Waals surface area contributed by atoms with Crippen LogP contribution in [0.4, 0.5) is 0 Å². The summed E-state index contributed by atoms with van der Waals surface area (Å²) in [6.07, 6.45) is 3.74. The van der Waals surface area contributed by atoms with Crippen LogP contribution in [-0.2, 0) is 0 Å². The molecular formula is C5H10N2. The number of nitrogens with two attached hydrogens (primary N) is 1. The molecule has 0 rings (SSSR count). The van der Waals surface area contributed by atoms with Crippen LogP contribution in [0.5, 0.6) is 0 Å². The summed E-state index contributed by atoms with van der Waals surface area (Å²) in [7, 11) is 0. The van der Waals surface area contributed by atoms with Crippen LogP contribution in [0.25, 0.3) is 0 Å². The zero-order chi connectivity index (χ0) is 5.70. The molecule has 0 heterocycles. The van der Waals surface area contributed by atoms with Crippen molar-refractivity contribution in [3.8, 4) is 0 Å². The Balaban J connectivity index is 3.58. The first-order valence-corrected chi connectivity index (χ1v) is 2.18. The van der Waals surface area contributed by atoms with Crippen LogP contribution in [-0.4, -0.2) is 5.71 Å². The Kier molecular flexibility index (Phi) is 3.02. The van der Waals surface area contributed by atoms with E-state index in [1.807, 2.05) is 26.0 Å². The van der Waals surface area contributed by atoms with E-state index in [2.05, 4.69) is 5.10 Å². The van der Waals surface area contributed by atoms with E-state index in [0.29, 0.717) is 0 Å². The molecule has 0 bridgehead atoms. The van der Waals surface area contributed by atoms with Gasteiger partial charge in [0.1, 0.15) is 0 Å². The fraction of sp³-hybridized carbons (Fsp3) is 0.400. The van der Waals surface area contributed by atoms with Crippen LogP contribution in [0.2, 0.25) is 0 Å². The van der Waals surface area contributed by atoms with Crippen LogP contribution in [0.3, 0.4) is 0 Å². The summed E-state index contributed by atoms with van der Waals surface area (Å²) in [5, 5.41) is 3.41. The normalized spacial score (nSPS) is 13.1. The van der Waals surface area contributed by atoms with E-state index in [1.54, 1.807) is 0 Å². The van der Waals surface area contributed by atoms with Gasteiger partial charge in [-0.2, -0.15) is 5.10 Å². The SMILES string of the molecule is CC=CC(C)=NN. The first kappa shape index (κ1) is 6.21. The van der Waals surface area contributed by atoms with Gasteiger partial charge in [-0.05, 0) is 19.9 Å². The minimum absolute atomic E-state index is 0.850. The zero-order valence-electron chi connectivity index (χ0n) is 4.68. The van der Waals surface area contributed by atoms with Crippen LogP contribution in [0.1, 0.15) is 13.8 Å². The van der Waals surface area contributed by atoms with Crippen molar-refractivity contribution in [2.75, 3.05) is 0 Å². The fourth-order valence-electron chi connectivity index (χ4n) is 0.284. The molecule has 0 atom stereocenters. The number of hydrogen-bond donors (Lipinski definition) is 1. The lowest BCUT2D eigenvalue weighted by Crippen LogP contribution is -1.89. The molecule has 40 valence electrons. The molecule has 2 heteroatoms. The lowest BCUT2D eigenvalue weighted by atomic mass is 10.4. The van der Waals surface area contributed by atoms with Gasteiger partial charge in [0, 0.05) is 0 Å². The second kappa shape index (κ2) is 3.40. The monoisotopic (exact) mass is 98.1 g/mol. The van der Waals surface area contributed by atoms with Crippen molar-refractivity contribution in [1.29, 1.82) is 0 Å². The number of hydrogen-bond acceptors (Lipinski definition) is 2. The Bertz CT molecular complexity index is 92.3. The lowest BCUT2D eigenvalue weighted by molar-refractivity contribution is 1.24. The smallest absolute Gasteiger partial charge is 0.0566 e. The Morgan fingerprint density at radius 1 is 1.71 bits per heavy atom. The third kappa shape index (κ3) is 3.03. The maximum absolute atomic E-state index is 4.89. The molecule has 2 N–H and O–H groups in total. The topological polar surface area (TPSA) is 38.4 Å². The summed E-state index contributed by atoms with van der Waals surface area (Å²) in [6.45, 7) is 3.77. The molecule has 0 unspecified atom stereocenters. The predicted octanol–water partition coefficient (Wildman–Crippen LogP) is 0.897. The van der Waals surface area contributed by atoms with Crippen molar-refractivity contribution in [1.82, 2.24) is 0 Å². The van der Waals surface area contributed by atoms with Gasteiger partial charge < -0.3 is 5.84 Å². The van der Waals surface area contributed by atoms with Crippen LogP contribution in [0.15, 0.2) is 17.3 Å². The van der Waals surface area contributed by atoms with E-state index in [9.17, 15) is 0 Å². The van der Waals surface area contributed by atoms with E-state index in [-0.39, 0.29) is 0 Å². The molecule has 0 aromatic carbocycles. The first-order valence-electron chi connectivity index (χ1n) is 2.18. The van der Waals surface area contributed by atoms with Crippen molar-refractivity contribution in [3.63, 3.8) is 0 Å². The molecule has 0 amide bonds. The van der Waals surface area contributed by atoms with Crippen molar-refractivity contribution in [2.45, 2.75) is 13.8 Å². The largest absolute Gasteiger partial charge is 0.323 e. The molecule has 0 aliphatic heterocycles. The van der Waals surface area contributed by atoms with Crippen molar-refractivity contribution in [2.24, 2.45) is 10.9 Å². The number of nitrogens with zero attached hydrogens (tertiary/aromatic N) is 1. The van der Waals surface area contributed by atoms with Gasteiger partial charge in [-0.3, -0.25) is 0 Å². The second-order valence-corrected chi connectivity index (χ2v) is 1.27. The average Bonchev–Trinajstić information content (AvgIpc) is 1.68. The van der Waals surface area contributed by atoms with Gasteiger partial charge >= 0.3 is 0 Å². The van der Waals surface area contributed by atoms with E-state index in [0.717, 1.165) is 5.71 Å². The van der Waals surface area contributed by atoms with Gasteiger partial charge in [0.15, 0.2) is 0 Å². The van der Waals surface area contributed by atoms with Gasteiger partial charge in [-0.1, -0.05) is 6.08 Å². The molecule has 0 aromatic rings. The maximum atomic E-state index is 4.89. The predicted molar refractivity (Wildman–Crippen MR) is 32.1 cm³/mol. The van der Waals surface area contributed by atoms with E-state index < -0.39 is 0 Å². The lowest BCUT2D eigenvalue weighted by Gasteiger charge is -1.80. The van der Waals surface area contributed by atoms with E-state index in [1.165, 1.54) is 0 Å². The summed E-state index contributed by atoms with van der Waals surface area (Å²) < 4.78 is 0. The molecule has 0 aliphatic rings. The fourth-order valence-corrected chi connectivity index (χ4v) is 0.284. The number of hydrazone groups is 1. The standard InChI is InChI=1S/C5H10N2/c1-3-4-5(2)7-6/h3-4H,6H2,1-2H3. The average molecular weight is 98.1 g/mol. The summed E-state index contributed by atoms with van der Waals surface area (Å²) in [6, 6.07) is 0. The van der Waals surface area contributed by atoms with Gasteiger partial charge in [-0.15, -0.1) is 0 Å². The number of rotatable bonds is 1. The summed E-state index contributed by atoms with van der Waals surface area (Å²) in [5.41, 5.74) is 0.850. The van der Waals surface area contributed by atoms with Gasteiger partial charge in [0.25, 0.3) is 0 Å². The Hall–Kier alpha value is -0.790.